The Balaban J connectivity index is 1.63. The van der Waals surface area contributed by atoms with Crippen molar-refractivity contribution < 1.29 is 0 Å². The molecule has 0 bridgehead atoms. The molecule has 0 aliphatic heterocycles. The zero-order chi connectivity index (χ0) is 21.9. The molecule has 154 valence electrons. The lowest BCUT2D eigenvalue weighted by atomic mass is 10.0. The van der Waals surface area contributed by atoms with Crippen molar-refractivity contribution in [3.05, 3.63) is 113 Å². The minimum absolute atomic E-state index is 0.519. The molecule has 0 unspecified atom stereocenters. The summed E-state index contributed by atoms with van der Waals surface area (Å²) < 4.78 is 0. The van der Waals surface area contributed by atoms with Gasteiger partial charge in [-0.05, 0) is 29.3 Å². The van der Waals surface area contributed by atoms with E-state index >= 15 is 0 Å². The van der Waals surface area contributed by atoms with Gasteiger partial charge in [-0.2, -0.15) is 0 Å². The molecule has 1 aromatic heterocycles. The van der Waals surface area contributed by atoms with E-state index in [-0.39, 0.29) is 0 Å². The molecule has 0 fully saturated rings. The van der Waals surface area contributed by atoms with Gasteiger partial charge in [0, 0.05) is 26.7 Å². The minimum atomic E-state index is 0.519. The average molecular weight is 454 g/mol. The van der Waals surface area contributed by atoms with Crippen LogP contribution in [0.15, 0.2) is 103 Å². The smallest absolute Gasteiger partial charge is 0.164 e. The third-order valence-corrected chi connectivity index (χ3v) is 5.47. The average Bonchev–Trinajstić information content (AvgIpc) is 2.84. The van der Waals surface area contributed by atoms with E-state index in [1.807, 2.05) is 60.7 Å². The molecule has 5 rings (SSSR count). The monoisotopic (exact) mass is 453 g/mol. The Labute approximate surface area is 196 Å². The second-order valence-electron chi connectivity index (χ2n) is 7.27. The van der Waals surface area contributed by atoms with E-state index in [1.54, 1.807) is 18.2 Å². The van der Waals surface area contributed by atoms with E-state index in [0.717, 1.165) is 27.8 Å². The van der Waals surface area contributed by atoms with Crippen LogP contribution >= 0.6 is 23.2 Å². The molecular formula is C27H17Cl2N3. The number of halogens is 2. The number of nitrogens with zero attached hydrogens (tertiary/aromatic N) is 3. The Kier molecular flexibility index (Phi) is 5.68. The molecule has 0 N–H and O–H groups in total. The van der Waals surface area contributed by atoms with Crippen molar-refractivity contribution in [1.82, 2.24) is 15.0 Å². The topological polar surface area (TPSA) is 38.7 Å². The summed E-state index contributed by atoms with van der Waals surface area (Å²) >= 11 is 12.5. The number of aromatic nitrogens is 3. The molecule has 0 radical (unpaired) electrons. The van der Waals surface area contributed by atoms with Crippen molar-refractivity contribution in [1.29, 1.82) is 0 Å². The van der Waals surface area contributed by atoms with Crippen LogP contribution in [0.1, 0.15) is 0 Å². The molecule has 0 saturated carbocycles. The molecular weight excluding hydrogens is 437 g/mol. The molecule has 0 spiro atoms. The van der Waals surface area contributed by atoms with Gasteiger partial charge in [-0.25, -0.2) is 15.0 Å². The Morgan fingerprint density at radius 2 is 0.750 bits per heavy atom. The maximum absolute atomic E-state index is 6.23. The molecule has 0 saturated heterocycles. The van der Waals surface area contributed by atoms with Gasteiger partial charge in [0.2, 0.25) is 0 Å². The lowest BCUT2D eigenvalue weighted by Gasteiger charge is -2.09. The number of rotatable bonds is 4. The van der Waals surface area contributed by atoms with Crippen molar-refractivity contribution in [3.8, 4) is 45.3 Å². The predicted molar refractivity (Wildman–Crippen MR) is 132 cm³/mol. The first-order valence-electron chi connectivity index (χ1n) is 10.1. The van der Waals surface area contributed by atoms with Crippen LogP contribution in [0.4, 0.5) is 0 Å². The van der Waals surface area contributed by atoms with Gasteiger partial charge in [-0.15, -0.1) is 0 Å². The van der Waals surface area contributed by atoms with E-state index in [4.69, 9.17) is 38.2 Å². The predicted octanol–water partition coefficient (Wildman–Crippen LogP) is 7.85. The summed E-state index contributed by atoms with van der Waals surface area (Å²) in [6, 6.07) is 33.6. The maximum atomic E-state index is 6.23. The summed E-state index contributed by atoms with van der Waals surface area (Å²) in [5.41, 5.74) is 4.84. The summed E-state index contributed by atoms with van der Waals surface area (Å²) in [4.78, 5) is 14.2. The first kappa shape index (κ1) is 20.4. The first-order chi connectivity index (χ1) is 15.7. The van der Waals surface area contributed by atoms with Crippen molar-refractivity contribution in [3.63, 3.8) is 0 Å². The fraction of sp³-hybridized carbons (Fsp3) is 0. The molecule has 0 atom stereocenters. The van der Waals surface area contributed by atoms with E-state index in [2.05, 4.69) is 24.3 Å². The summed E-state index contributed by atoms with van der Waals surface area (Å²) in [7, 11) is 0. The fourth-order valence-electron chi connectivity index (χ4n) is 3.48. The lowest BCUT2D eigenvalue weighted by molar-refractivity contribution is 1.07. The third-order valence-electron chi connectivity index (χ3n) is 5.04. The van der Waals surface area contributed by atoms with E-state index in [0.29, 0.717) is 27.5 Å². The van der Waals surface area contributed by atoms with Crippen LogP contribution in [0.25, 0.3) is 45.3 Å². The summed E-state index contributed by atoms with van der Waals surface area (Å²) in [6.07, 6.45) is 0. The molecule has 5 heteroatoms. The van der Waals surface area contributed by atoms with Crippen LogP contribution < -0.4 is 0 Å². The summed E-state index contributed by atoms with van der Waals surface area (Å²) in [6.45, 7) is 0. The van der Waals surface area contributed by atoms with E-state index < -0.39 is 0 Å². The normalized spacial score (nSPS) is 10.8. The van der Waals surface area contributed by atoms with Crippen LogP contribution in [-0.4, -0.2) is 15.0 Å². The zero-order valence-electron chi connectivity index (χ0n) is 16.9. The zero-order valence-corrected chi connectivity index (χ0v) is 18.4. The molecule has 3 nitrogen and oxygen atoms in total. The molecule has 32 heavy (non-hydrogen) atoms. The highest BCUT2D eigenvalue weighted by Crippen LogP contribution is 2.29. The second kappa shape index (κ2) is 8.91. The van der Waals surface area contributed by atoms with Gasteiger partial charge in [0.1, 0.15) is 0 Å². The first-order valence-corrected chi connectivity index (χ1v) is 10.9. The number of hydrogen-bond donors (Lipinski definition) is 0. The van der Waals surface area contributed by atoms with Gasteiger partial charge in [-0.3, -0.25) is 0 Å². The van der Waals surface area contributed by atoms with Gasteiger partial charge in [0.25, 0.3) is 0 Å². The Hall–Kier alpha value is -3.53. The van der Waals surface area contributed by atoms with E-state index in [1.165, 1.54) is 0 Å². The van der Waals surface area contributed by atoms with Gasteiger partial charge >= 0.3 is 0 Å². The fourth-order valence-corrected chi connectivity index (χ4v) is 4.00. The standard InChI is InChI=1S/C27H17Cl2N3/c28-23-15-22(16-24(29)17-23)27-31-25(20-9-5-2-6-10-20)30-26(32-27)21-13-11-19(12-14-21)18-7-3-1-4-8-18/h1-17H. The summed E-state index contributed by atoms with van der Waals surface area (Å²) in [5.74, 6) is 1.70. The molecule has 5 aromatic rings. The third kappa shape index (κ3) is 4.40. The maximum Gasteiger partial charge on any atom is 0.164 e. The van der Waals surface area contributed by atoms with Gasteiger partial charge in [-0.1, -0.05) is 108 Å². The summed E-state index contributed by atoms with van der Waals surface area (Å²) in [5, 5.41) is 1.06. The molecule has 4 aromatic carbocycles. The molecule has 0 aliphatic rings. The number of benzene rings is 4. The minimum Gasteiger partial charge on any atom is -0.208 e. The van der Waals surface area contributed by atoms with Crippen LogP contribution in [0.3, 0.4) is 0 Å². The largest absolute Gasteiger partial charge is 0.208 e. The van der Waals surface area contributed by atoms with Gasteiger partial charge in [0.05, 0.1) is 0 Å². The van der Waals surface area contributed by atoms with Crippen LogP contribution in [-0.2, 0) is 0 Å². The van der Waals surface area contributed by atoms with Gasteiger partial charge in [0.15, 0.2) is 17.5 Å². The highest BCUT2D eigenvalue weighted by molar-refractivity contribution is 6.35. The molecule has 0 amide bonds. The van der Waals surface area contributed by atoms with Gasteiger partial charge < -0.3 is 0 Å². The molecule has 0 aliphatic carbocycles. The number of hydrogen-bond acceptors (Lipinski definition) is 3. The highest BCUT2D eigenvalue weighted by Gasteiger charge is 2.13. The van der Waals surface area contributed by atoms with E-state index in [9.17, 15) is 0 Å². The van der Waals surface area contributed by atoms with Crippen molar-refractivity contribution in [2.75, 3.05) is 0 Å². The lowest BCUT2D eigenvalue weighted by Crippen LogP contribution is -2.00. The van der Waals surface area contributed by atoms with Crippen LogP contribution in [0.2, 0.25) is 10.0 Å². The van der Waals surface area contributed by atoms with Crippen LogP contribution in [0, 0.1) is 0 Å². The Morgan fingerprint density at radius 1 is 0.375 bits per heavy atom. The van der Waals surface area contributed by atoms with Crippen molar-refractivity contribution in [2.24, 2.45) is 0 Å². The van der Waals surface area contributed by atoms with Crippen molar-refractivity contribution >= 4 is 23.2 Å². The van der Waals surface area contributed by atoms with Crippen LogP contribution in [0.5, 0.6) is 0 Å². The second-order valence-corrected chi connectivity index (χ2v) is 8.15. The Bertz CT molecular complexity index is 1350. The Morgan fingerprint density at radius 3 is 1.28 bits per heavy atom. The molecule has 1 heterocycles. The quantitative estimate of drug-likeness (QED) is 0.278. The SMILES string of the molecule is Clc1cc(Cl)cc(-c2nc(-c3ccccc3)nc(-c3ccc(-c4ccccc4)cc3)n2)c1. The highest BCUT2D eigenvalue weighted by atomic mass is 35.5. The van der Waals surface area contributed by atoms with Crippen molar-refractivity contribution in [2.45, 2.75) is 0 Å².